The van der Waals surface area contributed by atoms with Gasteiger partial charge in [0.2, 0.25) is 0 Å². The molecule has 0 aliphatic heterocycles. The molecular formula is C16H18O. The normalized spacial score (nSPS) is 11.9. The van der Waals surface area contributed by atoms with Crippen LogP contribution in [-0.2, 0) is 4.74 Å². The molecule has 0 radical (unpaired) electrons. The lowest BCUT2D eigenvalue weighted by molar-refractivity contribution is 0.114. The monoisotopic (exact) mass is 226 g/mol. The van der Waals surface area contributed by atoms with E-state index in [1.54, 1.807) is 0 Å². The van der Waals surface area contributed by atoms with E-state index in [1.165, 1.54) is 0 Å². The highest BCUT2D eigenvalue weighted by Crippen LogP contribution is 2.18. The van der Waals surface area contributed by atoms with Crippen molar-refractivity contribution in [2.24, 2.45) is 0 Å². The molecule has 0 fully saturated rings. The van der Waals surface area contributed by atoms with Gasteiger partial charge in [0, 0.05) is 0 Å². The van der Waals surface area contributed by atoms with Crippen LogP contribution < -0.4 is 0 Å². The zero-order valence-electron chi connectivity index (χ0n) is 10.4. The molecule has 0 bridgehead atoms. The fraction of sp³-hybridized carbons (Fsp3) is 0.250. The van der Waals surface area contributed by atoms with Crippen molar-refractivity contribution in [3.8, 4) is 11.8 Å². The van der Waals surface area contributed by atoms with Gasteiger partial charge in [-0.2, -0.15) is 0 Å². The van der Waals surface area contributed by atoms with E-state index in [0.29, 0.717) is 6.61 Å². The minimum Gasteiger partial charge on any atom is -0.357 e. The maximum absolute atomic E-state index is 5.72. The van der Waals surface area contributed by atoms with E-state index < -0.39 is 0 Å². The predicted molar refractivity (Wildman–Crippen MR) is 72.5 cm³/mol. The zero-order chi connectivity index (χ0) is 12.5. The molecule has 1 atom stereocenters. The highest BCUT2D eigenvalue weighted by molar-refractivity contribution is 5.24. The van der Waals surface area contributed by atoms with Gasteiger partial charge in [-0.1, -0.05) is 60.6 Å². The van der Waals surface area contributed by atoms with E-state index in [2.05, 4.69) is 18.4 Å². The second-order valence-electron chi connectivity index (χ2n) is 3.77. The van der Waals surface area contributed by atoms with Crippen LogP contribution in [0.25, 0.3) is 0 Å². The van der Waals surface area contributed by atoms with Crippen LogP contribution in [0.2, 0.25) is 0 Å². The predicted octanol–water partition coefficient (Wildman–Crippen LogP) is 3.90. The summed E-state index contributed by atoms with van der Waals surface area (Å²) in [5.41, 5.74) is 2.14. The van der Waals surface area contributed by atoms with E-state index in [-0.39, 0.29) is 6.10 Å². The molecular weight excluding hydrogens is 208 g/mol. The van der Waals surface area contributed by atoms with Crippen molar-refractivity contribution in [3.05, 3.63) is 60.2 Å². The Morgan fingerprint density at radius 1 is 1.41 bits per heavy atom. The van der Waals surface area contributed by atoms with Gasteiger partial charge in [0.25, 0.3) is 0 Å². The second kappa shape index (κ2) is 7.49. The summed E-state index contributed by atoms with van der Waals surface area (Å²) in [7, 11) is 0. The Bertz CT molecular complexity index is 432. The zero-order valence-corrected chi connectivity index (χ0v) is 10.4. The van der Waals surface area contributed by atoms with Crippen LogP contribution in [-0.4, -0.2) is 6.61 Å². The van der Waals surface area contributed by atoms with Crippen molar-refractivity contribution < 1.29 is 4.74 Å². The summed E-state index contributed by atoms with van der Waals surface area (Å²) >= 11 is 0. The SMILES string of the molecule is C=C(C)/C=C/C(OCC#CC)c1ccccc1. The maximum Gasteiger partial charge on any atom is 0.108 e. The summed E-state index contributed by atoms with van der Waals surface area (Å²) in [6.45, 7) is 8.06. The van der Waals surface area contributed by atoms with Crippen LogP contribution in [0.1, 0.15) is 25.5 Å². The number of allylic oxidation sites excluding steroid dienone is 2. The third kappa shape index (κ3) is 5.19. The Morgan fingerprint density at radius 2 is 2.12 bits per heavy atom. The molecule has 0 heterocycles. The Hall–Kier alpha value is -1.78. The van der Waals surface area contributed by atoms with E-state index in [1.807, 2.05) is 56.3 Å². The van der Waals surface area contributed by atoms with Gasteiger partial charge in [0.15, 0.2) is 0 Å². The Kier molecular flexibility index (Phi) is 5.85. The van der Waals surface area contributed by atoms with E-state index in [0.717, 1.165) is 11.1 Å². The van der Waals surface area contributed by atoms with Crippen molar-refractivity contribution in [2.75, 3.05) is 6.61 Å². The second-order valence-corrected chi connectivity index (χ2v) is 3.77. The van der Waals surface area contributed by atoms with E-state index in [9.17, 15) is 0 Å². The molecule has 1 aromatic carbocycles. The summed E-state index contributed by atoms with van der Waals surface area (Å²) in [6.07, 6.45) is 3.92. The lowest BCUT2D eigenvalue weighted by Gasteiger charge is -2.12. The molecule has 0 N–H and O–H groups in total. The highest BCUT2D eigenvalue weighted by atomic mass is 16.5. The maximum atomic E-state index is 5.72. The Morgan fingerprint density at radius 3 is 2.71 bits per heavy atom. The van der Waals surface area contributed by atoms with Crippen molar-refractivity contribution >= 4 is 0 Å². The Balaban J connectivity index is 2.77. The smallest absolute Gasteiger partial charge is 0.108 e. The first kappa shape index (κ1) is 13.3. The van der Waals surface area contributed by atoms with Gasteiger partial charge >= 0.3 is 0 Å². The topological polar surface area (TPSA) is 9.23 Å². The molecule has 1 aromatic rings. The molecule has 1 rings (SSSR count). The van der Waals surface area contributed by atoms with Crippen molar-refractivity contribution in [1.82, 2.24) is 0 Å². The van der Waals surface area contributed by atoms with Gasteiger partial charge in [0.1, 0.15) is 12.7 Å². The van der Waals surface area contributed by atoms with Gasteiger partial charge in [-0.05, 0) is 19.4 Å². The van der Waals surface area contributed by atoms with Crippen LogP contribution >= 0.6 is 0 Å². The third-order valence-electron chi connectivity index (χ3n) is 2.20. The van der Waals surface area contributed by atoms with Crippen LogP contribution in [0.3, 0.4) is 0 Å². The molecule has 0 spiro atoms. The summed E-state index contributed by atoms with van der Waals surface area (Å²) < 4.78 is 5.72. The molecule has 0 amide bonds. The molecule has 88 valence electrons. The fourth-order valence-electron chi connectivity index (χ4n) is 1.36. The number of rotatable bonds is 5. The summed E-state index contributed by atoms with van der Waals surface area (Å²) in [5, 5.41) is 0. The van der Waals surface area contributed by atoms with Gasteiger partial charge < -0.3 is 4.74 Å². The molecule has 0 aliphatic carbocycles. The van der Waals surface area contributed by atoms with Crippen molar-refractivity contribution in [2.45, 2.75) is 20.0 Å². The lowest BCUT2D eigenvalue weighted by Crippen LogP contribution is -2.01. The Labute approximate surface area is 104 Å². The first-order valence-corrected chi connectivity index (χ1v) is 5.64. The first-order chi connectivity index (χ1) is 8.24. The average molecular weight is 226 g/mol. The molecule has 0 saturated carbocycles. The fourth-order valence-corrected chi connectivity index (χ4v) is 1.36. The highest BCUT2D eigenvalue weighted by Gasteiger charge is 2.06. The van der Waals surface area contributed by atoms with E-state index >= 15 is 0 Å². The largest absolute Gasteiger partial charge is 0.357 e. The van der Waals surface area contributed by atoms with Gasteiger partial charge in [-0.3, -0.25) is 0 Å². The lowest BCUT2D eigenvalue weighted by atomic mass is 10.1. The summed E-state index contributed by atoms with van der Waals surface area (Å²) in [5.74, 6) is 5.73. The molecule has 0 aromatic heterocycles. The number of hydrogen-bond donors (Lipinski definition) is 0. The summed E-state index contributed by atoms with van der Waals surface area (Å²) in [4.78, 5) is 0. The van der Waals surface area contributed by atoms with E-state index in [4.69, 9.17) is 4.74 Å². The number of ether oxygens (including phenoxy) is 1. The molecule has 1 unspecified atom stereocenters. The number of hydrogen-bond acceptors (Lipinski definition) is 1. The minimum absolute atomic E-state index is 0.0613. The van der Waals surface area contributed by atoms with Gasteiger partial charge in [-0.15, -0.1) is 5.92 Å². The minimum atomic E-state index is -0.0613. The van der Waals surface area contributed by atoms with Crippen LogP contribution in [0.5, 0.6) is 0 Å². The molecule has 0 aliphatic rings. The third-order valence-corrected chi connectivity index (χ3v) is 2.20. The summed E-state index contributed by atoms with van der Waals surface area (Å²) in [6, 6.07) is 10.1. The quantitative estimate of drug-likeness (QED) is 0.546. The van der Waals surface area contributed by atoms with Gasteiger partial charge in [-0.25, -0.2) is 0 Å². The molecule has 0 saturated heterocycles. The molecule has 1 heteroatoms. The first-order valence-electron chi connectivity index (χ1n) is 5.64. The van der Waals surface area contributed by atoms with Gasteiger partial charge in [0.05, 0.1) is 0 Å². The van der Waals surface area contributed by atoms with Crippen molar-refractivity contribution in [3.63, 3.8) is 0 Å². The molecule has 17 heavy (non-hydrogen) atoms. The molecule has 1 nitrogen and oxygen atoms in total. The van der Waals surface area contributed by atoms with Crippen LogP contribution in [0.4, 0.5) is 0 Å². The average Bonchev–Trinajstić information content (AvgIpc) is 2.34. The van der Waals surface area contributed by atoms with Crippen LogP contribution in [0, 0.1) is 11.8 Å². The standard InChI is InChI=1S/C16H18O/c1-4-5-13-17-16(12-11-14(2)3)15-9-7-6-8-10-15/h6-12,16H,2,13H2,1,3H3/b12-11+. The van der Waals surface area contributed by atoms with Crippen molar-refractivity contribution in [1.29, 1.82) is 0 Å². The number of benzene rings is 1. The van der Waals surface area contributed by atoms with Crippen LogP contribution in [0.15, 0.2) is 54.6 Å².